The highest BCUT2D eigenvalue weighted by molar-refractivity contribution is 7.18. The van der Waals surface area contributed by atoms with Crippen LogP contribution in [0.15, 0.2) is 48.8 Å². The minimum atomic E-state index is -0.800. The Morgan fingerprint density at radius 3 is 2.64 bits per heavy atom. The van der Waals surface area contributed by atoms with Crippen molar-refractivity contribution in [2.45, 2.75) is 39.5 Å². The summed E-state index contributed by atoms with van der Waals surface area (Å²) in [6.45, 7) is 6.40. The predicted octanol–water partition coefficient (Wildman–Crippen LogP) is 6.17. The molecule has 2 N–H and O–H groups in total. The van der Waals surface area contributed by atoms with Gasteiger partial charge in [0.1, 0.15) is 0 Å². The molecular weight excluding hydrogens is 436 g/mol. The maximum Gasteiger partial charge on any atom is 0.316 e. The van der Waals surface area contributed by atoms with Crippen molar-refractivity contribution in [3.05, 3.63) is 59.4 Å². The van der Waals surface area contributed by atoms with Crippen molar-refractivity contribution >= 4 is 38.9 Å². The van der Waals surface area contributed by atoms with Crippen LogP contribution in [-0.4, -0.2) is 32.6 Å². The number of hydrogen-bond donors (Lipinski definition) is 2. The Morgan fingerprint density at radius 1 is 1.15 bits per heavy atom. The maximum absolute atomic E-state index is 11.4. The number of thiazole rings is 1. The van der Waals surface area contributed by atoms with E-state index in [4.69, 9.17) is 4.74 Å². The smallest absolute Gasteiger partial charge is 0.316 e. The standard InChI is InChI=1S/C25H26N4O3S/c1-4-16(12-24(30)31)17-6-8-20(18-7-9-21-23(11-18)33-15(3)28-21)22(10-17)29-19-13-26-25(27-14-19)32-5-2/h6-11,13-14,16,29H,4-5,12H2,1-3H3,(H,30,31)/t16-/m1/s1. The lowest BCUT2D eigenvalue weighted by atomic mass is 9.90. The molecule has 4 rings (SSSR count). The van der Waals surface area contributed by atoms with E-state index in [9.17, 15) is 9.90 Å². The lowest BCUT2D eigenvalue weighted by Crippen LogP contribution is -2.06. The third-order valence-corrected chi connectivity index (χ3v) is 6.35. The average molecular weight is 463 g/mol. The monoisotopic (exact) mass is 462 g/mol. The number of aliphatic carboxylic acids is 1. The van der Waals surface area contributed by atoms with Gasteiger partial charge in [0.25, 0.3) is 0 Å². The van der Waals surface area contributed by atoms with Crippen LogP contribution in [0.1, 0.15) is 43.2 Å². The highest BCUT2D eigenvalue weighted by Gasteiger charge is 2.17. The number of ether oxygens (including phenoxy) is 1. The van der Waals surface area contributed by atoms with Crippen LogP contribution in [0.4, 0.5) is 11.4 Å². The molecule has 0 unspecified atom stereocenters. The number of hydrogen-bond acceptors (Lipinski definition) is 7. The number of anilines is 2. The molecule has 0 radical (unpaired) electrons. The normalized spacial score (nSPS) is 12.0. The highest BCUT2D eigenvalue weighted by Crippen LogP contribution is 2.37. The molecule has 8 heteroatoms. The third-order valence-electron chi connectivity index (χ3n) is 5.42. The van der Waals surface area contributed by atoms with E-state index in [-0.39, 0.29) is 12.3 Å². The van der Waals surface area contributed by atoms with Crippen LogP contribution in [0.3, 0.4) is 0 Å². The quantitative estimate of drug-likeness (QED) is 0.307. The Kier molecular flexibility index (Phi) is 6.84. The van der Waals surface area contributed by atoms with Gasteiger partial charge in [-0.15, -0.1) is 11.3 Å². The van der Waals surface area contributed by atoms with E-state index < -0.39 is 5.97 Å². The third kappa shape index (κ3) is 5.28. The minimum absolute atomic E-state index is 0.0692. The average Bonchev–Trinajstić information content (AvgIpc) is 3.18. The molecule has 0 saturated heterocycles. The van der Waals surface area contributed by atoms with E-state index in [1.807, 2.05) is 45.0 Å². The van der Waals surface area contributed by atoms with Gasteiger partial charge in [-0.25, -0.2) is 15.0 Å². The largest absolute Gasteiger partial charge is 0.481 e. The van der Waals surface area contributed by atoms with Gasteiger partial charge in [0.05, 0.1) is 46.3 Å². The van der Waals surface area contributed by atoms with Crippen LogP contribution >= 0.6 is 11.3 Å². The van der Waals surface area contributed by atoms with Crippen molar-refractivity contribution in [3.8, 4) is 17.1 Å². The number of aromatic nitrogens is 3. The second-order valence-corrected chi connectivity index (χ2v) is 8.97. The number of nitrogens with zero attached hydrogens (tertiary/aromatic N) is 3. The first-order valence-corrected chi connectivity index (χ1v) is 11.7. The molecular formula is C25H26N4O3S. The summed E-state index contributed by atoms with van der Waals surface area (Å²) in [7, 11) is 0. The predicted molar refractivity (Wildman–Crippen MR) is 132 cm³/mol. The first kappa shape index (κ1) is 22.7. The number of aryl methyl sites for hydroxylation is 1. The van der Waals surface area contributed by atoms with E-state index in [1.54, 1.807) is 23.7 Å². The molecule has 0 bridgehead atoms. The molecule has 0 aliphatic rings. The molecule has 33 heavy (non-hydrogen) atoms. The Morgan fingerprint density at radius 2 is 1.94 bits per heavy atom. The number of carboxylic acids is 1. The van der Waals surface area contributed by atoms with Crippen LogP contribution in [0.2, 0.25) is 0 Å². The van der Waals surface area contributed by atoms with Gasteiger partial charge >= 0.3 is 12.0 Å². The summed E-state index contributed by atoms with van der Waals surface area (Å²) < 4.78 is 6.47. The molecule has 170 valence electrons. The number of carbonyl (C=O) groups is 1. The van der Waals surface area contributed by atoms with Crippen molar-refractivity contribution in [1.82, 2.24) is 15.0 Å². The topological polar surface area (TPSA) is 97.2 Å². The van der Waals surface area contributed by atoms with E-state index in [0.717, 1.165) is 49.7 Å². The van der Waals surface area contributed by atoms with E-state index in [0.29, 0.717) is 12.6 Å². The summed E-state index contributed by atoms with van der Waals surface area (Å²) in [6.07, 6.45) is 4.19. The zero-order chi connectivity index (χ0) is 23.4. The van der Waals surface area contributed by atoms with Crippen LogP contribution in [0.25, 0.3) is 21.3 Å². The molecule has 0 amide bonds. The fourth-order valence-corrected chi connectivity index (χ4v) is 4.69. The van der Waals surface area contributed by atoms with Crippen molar-refractivity contribution < 1.29 is 14.6 Å². The summed E-state index contributed by atoms with van der Waals surface area (Å²) in [5, 5.41) is 13.8. The van der Waals surface area contributed by atoms with Gasteiger partial charge in [-0.1, -0.05) is 25.1 Å². The summed E-state index contributed by atoms with van der Waals surface area (Å²) in [4.78, 5) is 24.4. The highest BCUT2D eigenvalue weighted by atomic mass is 32.1. The maximum atomic E-state index is 11.4. The number of rotatable bonds is 9. The van der Waals surface area contributed by atoms with Crippen LogP contribution in [0, 0.1) is 6.92 Å². The molecule has 0 saturated carbocycles. The molecule has 2 aromatic heterocycles. The lowest BCUT2D eigenvalue weighted by Gasteiger charge is -2.18. The molecule has 4 aromatic rings. The van der Waals surface area contributed by atoms with E-state index >= 15 is 0 Å². The van der Waals surface area contributed by atoms with Gasteiger partial charge in [0.2, 0.25) is 0 Å². The van der Waals surface area contributed by atoms with E-state index in [1.165, 1.54) is 0 Å². The van der Waals surface area contributed by atoms with Crippen LogP contribution in [-0.2, 0) is 4.79 Å². The fourth-order valence-electron chi connectivity index (χ4n) is 3.83. The molecule has 0 aliphatic carbocycles. The number of fused-ring (bicyclic) bond motifs is 1. The molecule has 0 fully saturated rings. The van der Waals surface area contributed by atoms with Crippen LogP contribution < -0.4 is 10.1 Å². The van der Waals surface area contributed by atoms with Gasteiger partial charge in [-0.3, -0.25) is 4.79 Å². The minimum Gasteiger partial charge on any atom is -0.481 e. The van der Waals surface area contributed by atoms with E-state index in [2.05, 4.69) is 32.4 Å². The van der Waals surface area contributed by atoms with Crippen molar-refractivity contribution in [3.63, 3.8) is 0 Å². The van der Waals surface area contributed by atoms with Gasteiger partial charge in [0, 0.05) is 11.3 Å². The van der Waals surface area contributed by atoms with Crippen molar-refractivity contribution in [2.24, 2.45) is 0 Å². The zero-order valence-corrected chi connectivity index (χ0v) is 19.6. The summed E-state index contributed by atoms with van der Waals surface area (Å²) in [5.74, 6) is -0.869. The molecule has 2 heterocycles. The number of carboxylic acid groups (broad SMARTS) is 1. The SMILES string of the molecule is CCOc1ncc(Nc2cc([C@H](CC)CC(=O)O)ccc2-c2ccc3nc(C)sc3c2)cn1. The first-order valence-electron chi connectivity index (χ1n) is 10.9. The second kappa shape index (κ2) is 9.95. The summed E-state index contributed by atoms with van der Waals surface area (Å²) in [6, 6.07) is 12.7. The molecule has 7 nitrogen and oxygen atoms in total. The number of nitrogens with one attached hydrogen (secondary N) is 1. The van der Waals surface area contributed by atoms with Gasteiger partial charge in [-0.2, -0.15) is 0 Å². The van der Waals surface area contributed by atoms with Crippen molar-refractivity contribution in [1.29, 1.82) is 0 Å². The molecule has 1 atom stereocenters. The molecule has 0 spiro atoms. The summed E-state index contributed by atoms with van der Waals surface area (Å²) in [5.41, 5.74) is 5.61. The van der Waals surface area contributed by atoms with Crippen molar-refractivity contribution in [2.75, 3.05) is 11.9 Å². The Labute approximate surface area is 196 Å². The number of benzene rings is 2. The fraction of sp³-hybridized carbons (Fsp3) is 0.280. The Hall–Kier alpha value is -3.52. The van der Waals surface area contributed by atoms with Crippen LogP contribution in [0.5, 0.6) is 6.01 Å². The Bertz CT molecular complexity index is 1270. The van der Waals surface area contributed by atoms with Gasteiger partial charge < -0.3 is 15.2 Å². The molecule has 2 aromatic carbocycles. The zero-order valence-electron chi connectivity index (χ0n) is 18.8. The summed E-state index contributed by atoms with van der Waals surface area (Å²) >= 11 is 1.66. The second-order valence-electron chi connectivity index (χ2n) is 7.74. The first-order chi connectivity index (χ1) is 16.0. The van der Waals surface area contributed by atoms with Gasteiger partial charge in [0.15, 0.2) is 0 Å². The molecule has 0 aliphatic heterocycles. The Balaban J connectivity index is 1.76. The van der Waals surface area contributed by atoms with Gasteiger partial charge in [-0.05, 0) is 55.5 Å². The lowest BCUT2D eigenvalue weighted by molar-refractivity contribution is -0.137.